The van der Waals surface area contributed by atoms with Gasteiger partial charge in [-0.25, -0.2) is 0 Å². The predicted molar refractivity (Wildman–Crippen MR) is 18.4 cm³/mol. The molecular weight excluding hydrogens is 294 g/mol. The Bertz CT molecular complexity index is 9.61. The summed E-state index contributed by atoms with van der Waals surface area (Å²) < 4.78 is 0. The van der Waals surface area contributed by atoms with Crippen LogP contribution in [-0.2, 0) is 35.9 Å². The van der Waals surface area contributed by atoms with Crippen LogP contribution in [0.15, 0.2) is 0 Å². The van der Waals surface area contributed by atoms with E-state index in [1.54, 1.807) is 0 Å². The van der Waals surface area contributed by atoms with Crippen molar-refractivity contribution in [2.24, 2.45) is 0 Å². The Morgan fingerprint density at radius 1 is 0.800 bits per heavy atom. The summed E-state index contributed by atoms with van der Waals surface area (Å²) in [5.41, 5.74) is 0. The van der Waals surface area contributed by atoms with Crippen LogP contribution < -0.4 is 0 Å². The number of hydrogen-bond acceptors (Lipinski definition) is 3. The van der Waals surface area contributed by atoms with E-state index in [2.05, 4.69) is 0 Å². The molecule has 2 nitrogen and oxygen atoms in total. The van der Waals surface area contributed by atoms with Gasteiger partial charge in [-0.05, 0) is 0 Å². The predicted octanol–water partition coefficient (Wildman–Crippen LogP) is -1.01. The Morgan fingerprint density at radius 2 is 0.800 bits per heavy atom. The smallest absolute Gasteiger partial charge is 0 e. The van der Waals surface area contributed by atoms with Gasteiger partial charge in [0.2, 0.25) is 0 Å². The van der Waals surface area contributed by atoms with E-state index in [1.807, 2.05) is 0 Å². The van der Waals surface area contributed by atoms with Crippen LogP contribution in [0.4, 0.5) is 0 Å². The Balaban J connectivity index is 0. The number of thiol groups is 1. The third-order valence-corrected chi connectivity index (χ3v) is 0. The summed E-state index contributed by atoms with van der Waals surface area (Å²) >= 11 is 0. The zero-order valence-corrected chi connectivity index (χ0v) is 7.02. The van der Waals surface area contributed by atoms with Crippen molar-refractivity contribution in [2.75, 3.05) is 0 Å². The van der Waals surface area contributed by atoms with Gasteiger partial charge >= 0.3 is 0 Å². The third kappa shape index (κ3) is 25.6. The minimum absolute atomic E-state index is 0. The molecule has 0 fully saturated rings. The van der Waals surface area contributed by atoms with Crippen molar-refractivity contribution in [2.45, 2.75) is 0 Å². The summed E-state index contributed by atoms with van der Waals surface area (Å²) in [5, 5.41) is 0. The molecule has 40 valence electrons. The molecule has 0 aromatic carbocycles. The summed E-state index contributed by atoms with van der Waals surface area (Å²) in [6.07, 6.45) is 0. The van der Waals surface area contributed by atoms with E-state index in [-0.39, 0.29) is 71.3 Å². The minimum Gasteiger partial charge on any atom is -0.870 e. The van der Waals surface area contributed by atoms with Gasteiger partial charge in [-0.2, -0.15) is 0 Å². The van der Waals surface area contributed by atoms with Gasteiger partial charge < -0.3 is 24.4 Å². The Morgan fingerprint density at radius 3 is 0.800 bits per heavy atom. The van der Waals surface area contributed by atoms with Gasteiger partial charge in [0, 0.05) is 46.8 Å². The van der Waals surface area contributed by atoms with E-state index in [4.69, 9.17) is 0 Å². The molecule has 0 aliphatic rings. The van der Waals surface area contributed by atoms with Gasteiger partial charge in [0.05, 0.1) is 0 Å². The largest absolute Gasteiger partial charge is 0.870 e. The second kappa shape index (κ2) is 40.6. The van der Waals surface area contributed by atoms with Gasteiger partial charge in [-0.3, -0.25) is 0 Å². The zero-order valence-electron chi connectivity index (χ0n) is 2.09. The topological polar surface area (TPSA) is 60.0 Å². The van der Waals surface area contributed by atoms with E-state index in [0.29, 0.717) is 0 Å². The fourth-order valence-electron chi connectivity index (χ4n) is 0. The van der Waals surface area contributed by atoms with Crippen molar-refractivity contribution in [1.82, 2.24) is 0 Å². The fraction of sp³-hybridized carbons (Fsp3) is 0. The van der Waals surface area contributed by atoms with Crippen LogP contribution in [0.2, 0.25) is 0 Å². The fourth-order valence-corrected chi connectivity index (χ4v) is 0. The Labute approximate surface area is 70.7 Å². The molecule has 0 heterocycles. The molecule has 5 heavy (non-hydrogen) atoms. The van der Waals surface area contributed by atoms with Crippen LogP contribution in [0, 0.1) is 0 Å². The van der Waals surface area contributed by atoms with Crippen LogP contribution in [0.5, 0.6) is 0 Å². The molecule has 5 heteroatoms. The van der Waals surface area contributed by atoms with E-state index in [0.717, 1.165) is 0 Å². The average molecular weight is 297 g/mol. The second-order valence-corrected chi connectivity index (χ2v) is 0. The first-order valence-corrected chi connectivity index (χ1v) is 0. The summed E-state index contributed by atoms with van der Waals surface area (Å²) in [7, 11) is 0. The zero-order chi connectivity index (χ0) is 0. The molecule has 4 radical (unpaired) electrons. The molecule has 0 aromatic rings. The maximum atomic E-state index is 0. The van der Waals surface area contributed by atoms with Crippen molar-refractivity contribution in [1.29, 1.82) is 0 Å². The van der Waals surface area contributed by atoms with E-state index < -0.39 is 0 Å². The molecule has 0 aliphatic carbocycles. The van der Waals surface area contributed by atoms with Crippen molar-refractivity contribution in [3.8, 4) is 0 Å². The van der Waals surface area contributed by atoms with E-state index in [1.165, 1.54) is 0 Å². The van der Waals surface area contributed by atoms with Gasteiger partial charge in [0.15, 0.2) is 0 Å². The van der Waals surface area contributed by atoms with Gasteiger partial charge in [0.25, 0.3) is 0 Å². The Hall–Kier alpha value is 1.83. The summed E-state index contributed by atoms with van der Waals surface area (Å²) in [6.45, 7) is 0. The molecule has 2 N–H and O–H groups in total. The molecule has 0 saturated heterocycles. The SMILES string of the molecule is [Ag].[OH-].[OH-].[SH-].[Sb]. The molecule has 0 spiro atoms. The first kappa shape index (κ1) is 69.4. The van der Waals surface area contributed by atoms with Gasteiger partial charge in [-0.1, -0.05) is 0 Å². The molecule has 0 saturated carbocycles. The number of rotatable bonds is 0. The van der Waals surface area contributed by atoms with Crippen LogP contribution in [0.25, 0.3) is 0 Å². The molecular formula is H3AgO2SSb-3. The van der Waals surface area contributed by atoms with Crippen molar-refractivity contribution >= 4 is 37.9 Å². The minimum atomic E-state index is 0. The van der Waals surface area contributed by atoms with Crippen molar-refractivity contribution < 1.29 is 33.3 Å². The average Bonchev–Trinajstić information content (AvgIpc) is 0. The third-order valence-electron chi connectivity index (χ3n) is 0. The number of hydrogen-bond donors (Lipinski definition) is 0. The Kier molecular flexibility index (Phi) is 564. The normalized spacial score (nSPS) is 0. The standard InChI is InChI=1S/Ag.2H2O.H2S.Sb/h;3*1H2;/p-3. The first-order chi connectivity index (χ1) is 0. The molecule has 0 unspecified atom stereocenters. The molecule has 0 aromatic heterocycles. The van der Waals surface area contributed by atoms with E-state index in [9.17, 15) is 0 Å². The summed E-state index contributed by atoms with van der Waals surface area (Å²) in [6, 6.07) is 0. The van der Waals surface area contributed by atoms with Gasteiger partial charge in [-0.15, -0.1) is 0 Å². The molecule has 0 bridgehead atoms. The molecule has 0 rings (SSSR count). The summed E-state index contributed by atoms with van der Waals surface area (Å²) in [4.78, 5) is 0. The van der Waals surface area contributed by atoms with Crippen LogP contribution in [-0.4, -0.2) is 35.4 Å². The molecule has 0 atom stereocenters. The maximum Gasteiger partial charge on any atom is 0 e. The molecule has 0 amide bonds. The van der Waals surface area contributed by atoms with E-state index >= 15 is 0 Å². The van der Waals surface area contributed by atoms with Crippen LogP contribution in [0.3, 0.4) is 0 Å². The van der Waals surface area contributed by atoms with Gasteiger partial charge in [0.1, 0.15) is 0 Å². The maximum absolute atomic E-state index is 0. The quantitative estimate of drug-likeness (QED) is 0.327. The summed E-state index contributed by atoms with van der Waals surface area (Å²) in [5.74, 6) is 0. The van der Waals surface area contributed by atoms with Crippen molar-refractivity contribution in [3.05, 3.63) is 0 Å². The second-order valence-electron chi connectivity index (χ2n) is 0. The van der Waals surface area contributed by atoms with Crippen LogP contribution >= 0.6 is 0 Å². The monoisotopic (exact) mass is 295 g/mol. The van der Waals surface area contributed by atoms with Crippen molar-refractivity contribution in [3.63, 3.8) is 0 Å². The van der Waals surface area contributed by atoms with Crippen LogP contribution in [0.1, 0.15) is 0 Å². The first-order valence-electron chi connectivity index (χ1n) is 0. The molecule has 0 aliphatic heterocycles.